The van der Waals surface area contributed by atoms with Crippen LogP contribution in [0.3, 0.4) is 0 Å². The number of methoxy groups -OCH3 is 1. The maximum Gasteiger partial charge on any atom is 0.282 e. The second-order valence-corrected chi connectivity index (χ2v) is 5.55. The van der Waals surface area contributed by atoms with Crippen molar-refractivity contribution in [3.8, 4) is 11.5 Å². The smallest absolute Gasteiger partial charge is 0.282 e. The lowest BCUT2D eigenvalue weighted by molar-refractivity contribution is -0.385. The summed E-state index contributed by atoms with van der Waals surface area (Å²) >= 11 is 0. The second kappa shape index (κ2) is 6.19. The molecule has 2 N–H and O–H groups in total. The number of nitrogens with zero attached hydrogens (tertiary/aromatic N) is 1. The predicted octanol–water partition coefficient (Wildman–Crippen LogP) is 2.73. The van der Waals surface area contributed by atoms with Crippen molar-refractivity contribution in [2.24, 2.45) is 0 Å². The van der Waals surface area contributed by atoms with Gasteiger partial charge in [0.15, 0.2) is 0 Å². The average molecular weight is 328 g/mol. The number of phenols is 1. The van der Waals surface area contributed by atoms with Gasteiger partial charge in [0.2, 0.25) is 0 Å². The van der Waals surface area contributed by atoms with Crippen LogP contribution in [-0.4, -0.2) is 23.0 Å². The van der Waals surface area contributed by atoms with Gasteiger partial charge < -0.3 is 15.2 Å². The van der Waals surface area contributed by atoms with Crippen molar-refractivity contribution in [3.63, 3.8) is 0 Å². The molecule has 0 saturated carbocycles. The molecule has 1 atom stereocenters. The number of hydrogen-bond acceptors (Lipinski definition) is 5. The molecule has 0 heterocycles. The highest BCUT2D eigenvalue weighted by molar-refractivity contribution is 5.98. The number of ether oxygens (including phenoxy) is 1. The number of aromatic hydroxyl groups is 1. The van der Waals surface area contributed by atoms with E-state index in [1.54, 1.807) is 12.1 Å². The molecular weight excluding hydrogens is 312 g/mol. The monoisotopic (exact) mass is 328 g/mol. The van der Waals surface area contributed by atoms with Gasteiger partial charge in [-0.15, -0.1) is 0 Å². The Bertz CT molecular complexity index is 819. The third-order valence-electron chi connectivity index (χ3n) is 4.20. The van der Waals surface area contributed by atoms with Gasteiger partial charge >= 0.3 is 0 Å². The SMILES string of the molecule is COc1ccc([N+](=O)[O-])c(C(=O)NC2CCc3c(O)cccc32)c1. The van der Waals surface area contributed by atoms with Crippen molar-refractivity contribution < 1.29 is 19.6 Å². The molecule has 0 saturated heterocycles. The summed E-state index contributed by atoms with van der Waals surface area (Å²) in [6.45, 7) is 0. The zero-order valence-corrected chi connectivity index (χ0v) is 13.0. The summed E-state index contributed by atoms with van der Waals surface area (Å²) in [6, 6.07) is 8.92. The van der Waals surface area contributed by atoms with Gasteiger partial charge in [-0.05, 0) is 42.2 Å². The largest absolute Gasteiger partial charge is 0.508 e. The van der Waals surface area contributed by atoms with E-state index >= 15 is 0 Å². The fourth-order valence-electron chi connectivity index (χ4n) is 3.00. The molecule has 0 aliphatic heterocycles. The van der Waals surface area contributed by atoms with Crippen LogP contribution in [0.25, 0.3) is 0 Å². The van der Waals surface area contributed by atoms with E-state index in [1.807, 2.05) is 6.07 Å². The van der Waals surface area contributed by atoms with Crippen LogP contribution in [0.15, 0.2) is 36.4 Å². The molecule has 0 radical (unpaired) electrons. The molecule has 7 heteroatoms. The highest BCUT2D eigenvalue weighted by atomic mass is 16.6. The fraction of sp³-hybridized carbons (Fsp3) is 0.235. The highest BCUT2D eigenvalue weighted by Crippen LogP contribution is 2.36. The molecule has 2 aromatic carbocycles. The Morgan fingerprint density at radius 1 is 1.38 bits per heavy atom. The number of amides is 1. The van der Waals surface area contributed by atoms with Gasteiger partial charge in [-0.25, -0.2) is 0 Å². The normalized spacial score (nSPS) is 15.6. The minimum absolute atomic E-state index is 0.0482. The maximum atomic E-state index is 12.6. The zero-order valence-electron chi connectivity index (χ0n) is 13.0. The second-order valence-electron chi connectivity index (χ2n) is 5.55. The molecule has 0 aromatic heterocycles. The summed E-state index contributed by atoms with van der Waals surface area (Å²) in [7, 11) is 1.43. The number of benzene rings is 2. The minimum Gasteiger partial charge on any atom is -0.508 e. The minimum atomic E-state index is -0.594. The number of fused-ring (bicyclic) bond motifs is 1. The number of hydrogen-bond donors (Lipinski definition) is 2. The molecule has 0 fully saturated rings. The fourth-order valence-corrected chi connectivity index (χ4v) is 3.00. The molecular formula is C17H16N2O5. The van der Waals surface area contributed by atoms with E-state index in [9.17, 15) is 20.0 Å². The van der Waals surface area contributed by atoms with E-state index in [0.717, 1.165) is 11.1 Å². The number of carbonyl (C=O) groups excluding carboxylic acids is 1. The van der Waals surface area contributed by atoms with Gasteiger partial charge in [0.05, 0.1) is 18.1 Å². The van der Waals surface area contributed by atoms with Crippen LogP contribution in [0.1, 0.15) is 33.9 Å². The molecule has 0 spiro atoms. The molecule has 124 valence electrons. The van der Waals surface area contributed by atoms with Crippen LogP contribution in [0.5, 0.6) is 11.5 Å². The van der Waals surface area contributed by atoms with E-state index in [4.69, 9.17) is 4.74 Å². The molecule has 2 aromatic rings. The molecule has 1 unspecified atom stereocenters. The first-order valence-corrected chi connectivity index (χ1v) is 7.45. The van der Waals surface area contributed by atoms with Crippen LogP contribution in [0.2, 0.25) is 0 Å². The maximum absolute atomic E-state index is 12.6. The van der Waals surface area contributed by atoms with Crippen LogP contribution < -0.4 is 10.1 Å². The van der Waals surface area contributed by atoms with E-state index in [1.165, 1.54) is 25.3 Å². The standard InChI is InChI=1S/C17H16N2O5/c1-24-10-5-8-15(19(22)23)13(9-10)17(21)18-14-7-6-12-11(14)3-2-4-16(12)20/h2-5,8-9,14,20H,6-7H2,1H3,(H,18,21). The van der Waals surface area contributed by atoms with Gasteiger partial charge in [0, 0.05) is 6.07 Å². The Kier molecular flexibility index (Phi) is 4.07. The Morgan fingerprint density at radius 3 is 2.88 bits per heavy atom. The molecule has 24 heavy (non-hydrogen) atoms. The summed E-state index contributed by atoms with van der Waals surface area (Å²) < 4.78 is 5.05. The molecule has 1 amide bonds. The van der Waals surface area contributed by atoms with Gasteiger partial charge in [-0.2, -0.15) is 0 Å². The van der Waals surface area contributed by atoms with Crippen molar-refractivity contribution in [3.05, 3.63) is 63.2 Å². The summed E-state index contributed by atoms with van der Waals surface area (Å²) in [6.07, 6.45) is 1.28. The molecule has 7 nitrogen and oxygen atoms in total. The van der Waals surface area contributed by atoms with Crippen molar-refractivity contribution in [1.29, 1.82) is 0 Å². The lowest BCUT2D eigenvalue weighted by Crippen LogP contribution is -2.27. The highest BCUT2D eigenvalue weighted by Gasteiger charge is 2.28. The van der Waals surface area contributed by atoms with Gasteiger partial charge in [0.25, 0.3) is 11.6 Å². The predicted molar refractivity (Wildman–Crippen MR) is 86.3 cm³/mol. The molecule has 3 rings (SSSR count). The van der Waals surface area contributed by atoms with Crippen molar-refractivity contribution in [1.82, 2.24) is 5.32 Å². The lowest BCUT2D eigenvalue weighted by atomic mass is 10.1. The lowest BCUT2D eigenvalue weighted by Gasteiger charge is -2.15. The summed E-state index contributed by atoms with van der Waals surface area (Å²) in [5.74, 6) is 0.0358. The van der Waals surface area contributed by atoms with Crippen molar-refractivity contribution >= 4 is 11.6 Å². The third-order valence-corrected chi connectivity index (χ3v) is 4.20. The van der Waals surface area contributed by atoms with Gasteiger partial charge in [-0.1, -0.05) is 12.1 Å². The van der Waals surface area contributed by atoms with Crippen molar-refractivity contribution in [2.75, 3.05) is 7.11 Å². The third kappa shape index (κ3) is 2.76. The van der Waals surface area contributed by atoms with E-state index in [2.05, 4.69) is 5.32 Å². The summed E-state index contributed by atoms with van der Waals surface area (Å²) in [5, 5.41) is 23.8. The Balaban J connectivity index is 1.89. The summed E-state index contributed by atoms with van der Waals surface area (Å²) in [5.41, 5.74) is 1.33. The van der Waals surface area contributed by atoms with E-state index in [0.29, 0.717) is 18.6 Å². The number of nitro groups is 1. The number of rotatable bonds is 4. The Morgan fingerprint density at radius 2 is 2.17 bits per heavy atom. The Hall–Kier alpha value is -3.09. The first kappa shape index (κ1) is 15.8. The van der Waals surface area contributed by atoms with Crippen LogP contribution >= 0.6 is 0 Å². The van der Waals surface area contributed by atoms with Crippen LogP contribution in [0, 0.1) is 10.1 Å². The number of nitro benzene ring substituents is 1. The molecule has 0 bridgehead atoms. The van der Waals surface area contributed by atoms with Crippen molar-refractivity contribution in [2.45, 2.75) is 18.9 Å². The van der Waals surface area contributed by atoms with Gasteiger partial charge in [0.1, 0.15) is 17.1 Å². The van der Waals surface area contributed by atoms with E-state index in [-0.39, 0.29) is 23.0 Å². The topological polar surface area (TPSA) is 102 Å². The summed E-state index contributed by atoms with van der Waals surface area (Å²) in [4.78, 5) is 23.1. The van der Waals surface area contributed by atoms with Crippen LogP contribution in [0.4, 0.5) is 5.69 Å². The molecule has 1 aliphatic rings. The average Bonchev–Trinajstić information content (AvgIpc) is 2.98. The zero-order chi connectivity index (χ0) is 17.3. The van der Waals surface area contributed by atoms with Gasteiger partial charge in [-0.3, -0.25) is 14.9 Å². The first-order chi connectivity index (χ1) is 11.5. The molecule has 1 aliphatic carbocycles. The van der Waals surface area contributed by atoms with Crippen LogP contribution in [-0.2, 0) is 6.42 Å². The number of nitrogens with one attached hydrogen (secondary N) is 1. The number of carbonyl (C=O) groups is 1. The number of phenolic OH excluding ortho intramolecular Hbond substituents is 1. The quantitative estimate of drug-likeness (QED) is 0.664. The van der Waals surface area contributed by atoms with E-state index < -0.39 is 10.8 Å². The Labute approximate surface area is 138 Å². The first-order valence-electron chi connectivity index (χ1n) is 7.45.